The van der Waals surface area contributed by atoms with Crippen molar-refractivity contribution in [2.24, 2.45) is 5.41 Å². The van der Waals surface area contributed by atoms with Crippen LogP contribution in [0.4, 0.5) is 0 Å². The molecule has 2 saturated heterocycles. The number of carbonyl (C=O) groups excluding carboxylic acids is 2. The highest BCUT2D eigenvalue weighted by atomic mass is 32.1. The van der Waals surface area contributed by atoms with E-state index < -0.39 is 11.5 Å². The second-order valence-electron chi connectivity index (χ2n) is 7.32. The molecule has 2 amide bonds. The molecule has 0 bridgehead atoms. The van der Waals surface area contributed by atoms with Gasteiger partial charge in [-0.25, -0.2) is 4.98 Å². The van der Waals surface area contributed by atoms with Crippen LogP contribution in [0.25, 0.3) is 10.6 Å². The van der Waals surface area contributed by atoms with Crippen LogP contribution < -0.4 is 5.32 Å². The van der Waals surface area contributed by atoms with Gasteiger partial charge in [0.15, 0.2) is 0 Å². The molecule has 0 saturated carbocycles. The van der Waals surface area contributed by atoms with Crippen LogP contribution in [0, 0.1) is 5.41 Å². The zero-order chi connectivity index (χ0) is 18.9. The van der Waals surface area contributed by atoms with Gasteiger partial charge >= 0.3 is 0 Å². The van der Waals surface area contributed by atoms with E-state index in [1.165, 1.54) is 11.3 Å². The van der Waals surface area contributed by atoms with Crippen LogP contribution >= 0.6 is 11.3 Å². The van der Waals surface area contributed by atoms with Gasteiger partial charge in [0.1, 0.15) is 5.01 Å². The second-order valence-corrected chi connectivity index (χ2v) is 8.18. The first-order valence-electron chi connectivity index (χ1n) is 9.32. The average molecular weight is 385 g/mol. The normalized spacial score (nSPS) is 25.4. The lowest BCUT2D eigenvalue weighted by atomic mass is 9.71. The number of aliphatic hydroxyl groups excluding tert-OH is 1. The lowest BCUT2D eigenvalue weighted by molar-refractivity contribution is -0.154. The van der Waals surface area contributed by atoms with Gasteiger partial charge in [-0.15, -0.1) is 11.3 Å². The number of piperidine rings is 2. The van der Waals surface area contributed by atoms with Gasteiger partial charge in [0.05, 0.1) is 23.6 Å². The van der Waals surface area contributed by atoms with E-state index in [0.29, 0.717) is 25.9 Å². The molecule has 6 nitrogen and oxygen atoms in total. The van der Waals surface area contributed by atoms with Crippen LogP contribution in [0.15, 0.2) is 35.7 Å². The summed E-state index contributed by atoms with van der Waals surface area (Å²) in [6.45, 7) is 1.40. The zero-order valence-corrected chi connectivity index (χ0v) is 15.9. The van der Waals surface area contributed by atoms with Crippen LogP contribution in [-0.4, -0.2) is 52.5 Å². The first-order chi connectivity index (χ1) is 13.1. The van der Waals surface area contributed by atoms with Gasteiger partial charge in [-0.3, -0.25) is 9.59 Å². The highest BCUT2D eigenvalue weighted by molar-refractivity contribution is 7.13. The fourth-order valence-corrected chi connectivity index (χ4v) is 4.85. The molecule has 142 valence electrons. The Kier molecular flexibility index (Phi) is 4.97. The maximum Gasteiger partial charge on any atom is 0.230 e. The maximum atomic E-state index is 12.8. The fourth-order valence-electron chi connectivity index (χ4n) is 4.02. The quantitative estimate of drug-likeness (QED) is 0.845. The molecule has 4 rings (SSSR count). The number of thiazole rings is 1. The number of likely N-dealkylation sites (tertiary alicyclic amines) is 1. The zero-order valence-electron chi connectivity index (χ0n) is 15.1. The molecule has 1 spiro atoms. The Morgan fingerprint density at radius 3 is 2.96 bits per heavy atom. The molecule has 27 heavy (non-hydrogen) atoms. The molecule has 2 aliphatic rings. The summed E-state index contributed by atoms with van der Waals surface area (Å²) in [5.41, 5.74) is 0.931. The summed E-state index contributed by atoms with van der Waals surface area (Å²) >= 11 is 1.53. The van der Waals surface area contributed by atoms with E-state index in [2.05, 4.69) is 10.3 Å². The molecule has 2 aliphatic heterocycles. The molecule has 1 aromatic heterocycles. The summed E-state index contributed by atoms with van der Waals surface area (Å²) in [6, 6.07) is 9.90. The number of nitrogens with one attached hydrogen (secondary N) is 1. The maximum absolute atomic E-state index is 12.8. The van der Waals surface area contributed by atoms with Gasteiger partial charge in [0, 0.05) is 30.6 Å². The van der Waals surface area contributed by atoms with Crippen molar-refractivity contribution in [3.63, 3.8) is 0 Å². The third-order valence-corrected chi connectivity index (χ3v) is 6.52. The summed E-state index contributed by atoms with van der Waals surface area (Å²) < 4.78 is 0. The standard InChI is InChI=1S/C20H23N3O3S/c24-16-7-10-23(13-20(16)8-4-9-21-19(20)26)17(25)11-15-12-27-18(22-15)14-5-2-1-3-6-14/h1-3,5-6,12,16,24H,4,7-11,13H2,(H,21,26)/t16-,20-/m1/s1. The molecule has 0 unspecified atom stereocenters. The predicted molar refractivity (Wildman–Crippen MR) is 103 cm³/mol. The van der Waals surface area contributed by atoms with Crippen molar-refractivity contribution in [1.82, 2.24) is 15.2 Å². The first-order valence-corrected chi connectivity index (χ1v) is 10.2. The van der Waals surface area contributed by atoms with Gasteiger partial charge < -0.3 is 15.3 Å². The Balaban J connectivity index is 1.46. The van der Waals surface area contributed by atoms with Crippen molar-refractivity contribution in [3.8, 4) is 10.6 Å². The van der Waals surface area contributed by atoms with Gasteiger partial charge in [-0.2, -0.15) is 0 Å². The minimum absolute atomic E-state index is 0.0374. The van der Waals surface area contributed by atoms with Crippen LogP contribution in [0.5, 0.6) is 0 Å². The number of aromatic nitrogens is 1. The molecular formula is C20H23N3O3S. The van der Waals surface area contributed by atoms with Crippen molar-refractivity contribution in [3.05, 3.63) is 41.4 Å². The largest absolute Gasteiger partial charge is 0.392 e. The summed E-state index contributed by atoms with van der Waals surface area (Å²) in [6.07, 6.45) is 1.42. The number of rotatable bonds is 3. The molecule has 2 N–H and O–H groups in total. The van der Waals surface area contributed by atoms with Gasteiger partial charge in [-0.05, 0) is 19.3 Å². The van der Waals surface area contributed by atoms with Crippen molar-refractivity contribution in [2.75, 3.05) is 19.6 Å². The minimum Gasteiger partial charge on any atom is -0.392 e. The summed E-state index contributed by atoms with van der Waals surface area (Å²) in [5.74, 6) is -0.164. The molecule has 2 fully saturated rings. The summed E-state index contributed by atoms with van der Waals surface area (Å²) in [7, 11) is 0. The Labute approximate surface area is 162 Å². The molecule has 0 aliphatic carbocycles. The second kappa shape index (κ2) is 7.40. The fraction of sp³-hybridized carbons (Fsp3) is 0.450. The molecule has 2 atom stereocenters. The van der Waals surface area contributed by atoms with Crippen molar-refractivity contribution in [2.45, 2.75) is 31.8 Å². The van der Waals surface area contributed by atoms with Crippen LogP contribution in [0.1, 0.15) is 25.0 Å². The van der Waals surface area contributed by atoms with E-state index in [-0.39, 0.29) is 24.8 Å². The smallest absolute Gasteiger partial charge is 0.230 e. The Bertz CT molecular complexity index is 838. The number of carbonyl (C=O) groups is 2. The van der Waals surface area contributed by atoms with E-state index in [1.807, 2.05) is 35.7 Å². The van der Waals surface area contributed by atoms with Crippen molar-refractivity contribution in [1.29, 1.82) is 0 Å². The number of aliphatic hydroxyl groups is 1. The van der Waals surface area contributed by atoms with E-state index in [1.54, 1.807) is 4.90 Å². The Morgan fingerprint density at radius 2 is 2.19 bits per heavy atom. The minimum atomic E-state index is -0.858. The Hall–Kier alpha value is -2.25. The number of benzene rings is 1. The van der Waals surface area contributed by atoms with E-state index in [4.69, 9.17) is 0 Å². The predicted octanol–water partition coefficient (Wildman–Crippen LogP) is 1.84. The number of hydrogen-bond acceptors (Lipinski definition) is 5. The average Bonchev–Trinajstić information content (AvgIpc) is 3.15. The van der Waals surface area contributed by atoms with Gasteiger partial charge in [0.25, 0.3) is 0 Å². The highest BCUT2D eigenvalue weighted by Gasteiger charge is 2.50. The summed E-state index contributed by atoms with van der Waals surface area (Å²) in [4.78, 5) is 31.6. The van der Waals surface area contributed by atoms with E-state index >= 15 is 0 Å². The van der Waals surface area contributed by atoms with E-state index in [9.17, 15) is 14.7 Å². The monoisotopic (exact) mass is 385 g/mol. The third-order valence-electron chi connectivity index (χ3n) is 5.58. The Morgan fingerprint density at radius 1 is 1.37 bits per heavy atom. The van der Waals surface area contributed by atoms with Crippen LogP contribution in [0.3, 0.4) is 0 Å². The lowest BCUT2D eigenvalue weighted by Gasteiger charge is -2.46. The SMILES string of the molecule is O=C(Cc1csc(-c2ccccc2)n1)N1CC[C@@H](O)[C@@]2(CCCNC2=O)C1. The highest BCUT2D eigenvalue weighted by Crippen LogP contribution is 2.37. The first kappa shape index (κ1) is 18.1. The van der Waals surface area contributed by atoms with Gasteiger partial charge in [0.2, 0.25) is 11.8 Å². The van der Waals surface area contributed by atoms with Crippen molar-refractivity contribution >= 4 is 23.2 Å². The molecular weight excluding hydrogens is 362 g/mol. The number of amides is 2. The lowest BCUT2D eigenvalue weighted by Crippen LogP contribution is -2.62. The van der Waals surface area contributed by atoms with Crippen LogP contribution in [0.2, 0.25) is 0 Å². The topological polar surface area (TPSA) is 82.5 Å². The van der Waals surface area contributed by atoms with Crippen LogP contribution in [-0.2, 0) is 16.0 Å². The van der Waals surface area contributed by atoms with Gasteiger partial charge in [-0.1, -0.05) is 30.3 Å². The summed E-state index contributed by atoms with van der Waals surface area (Å²) in [5, 5.41) is 16.1. The van der Waals surface area contributed by atoms with E-state index in [0.717, 1.165) is 22.7 Å². The number of nitrogens with zero attached hydrogens (tertiary/aromatic N) is 2. The molecule has 2 aromatic rings. The molecule has 1 aromatic carbocycles. The third kappa shape index (κ3) is 3.49. The molecule has 7 heteroatoms. The van der Waals surface area contributed by atoms with Crippen molar-refractivity contribution < 1.29 is 14.7 Å². The number of hydrogen-bond donors (Lipinski definition) is 2. The molecule has 3 heterocycles. The molecule has 0 radical (unpaired) electrons.